The zero-order chi connectivity index (χ0) is 16.8. The molecule has 0 saturated carbocycles. The van der Waals surface area contributed by atoms with Crippen molar-refractivity contribution in [3.05, 3.63) is 65.2 Å². The lowest BCUT2D eigenvalue weighted by molar-refractivity contribution is 0.0754. The van der Waals surface area contributed by atoms with Crippen LogP contribution in [0.2, 0.25) is 0 Å². The van der Waals surface area contributed by atoms with E-state index in [1.807, 2.05) is 6.07 Å². The average Bonchev–Trinajstić information content (AvgIpc) is 2.59. The van der Waals surface area contributed by atoms with E-state index in [4.69, 9.17) is 4.74 Å². The van der Waals surface area contributed by atoms with E-state index in [2.05, 4.69) is 54.3 Å². The Bertz CT molecular complexity index is 634. The number of ether oxygens (including phenoxy) is 1. The lowest BCUT2D eigenvalue weighted by atomic mass is 10.0. The summed E-state index contributed by atoms with van der Waals surface area (Å²) in [4.78, 5) is 2.37. The number of benzene rings is 2. The van der Waals surface area contributed by atoms with Gasteiger partial charge < -0.3 is 9.84 Å². The summed E-state index contributed by atoms with van der Waals surface area (Å²) >= 11 is 0. The smallest absolute Gasteiger partial charge is 0.122 e. The second-order valence-corrected chi connectivity index (χ2v) is 6.69. The molecular weight excluding hydrogens is 298 g/mol. The quantitative estimate of drug-likeness (QED) is 0.883. The largest absolute Gasteiger partial charge is 0.492 e. The third-order valence-corrected chi connectivity index (χ3v) is 4.68. The average molecular weight is 325 g/mol. The highest BCUT2D eigenvalue weighted by Crippen LogP contribution is 2.23. The van der Waals surface area contributed by atoms with Gasteiger partial charge in [0.25, 0.3) is 0 Å². The Morgan fingerprint density at radius 3 is 2.58 bits per heavy atom. The summed E-state index contributed by atoms with van der Waals surface area (Å²) in [6, 6.07) is 16.9. The molecule has 1 N–H and O–H groups in total. The third kappa shape index (κ3) is 4.83. The van der Waals surface area contributed by atoms with Crippen LogP contribution >= 0.6 is 0 Å². The minimum absolute atomic E-state index is 0.114. The number of likely N-dealkylation sites (tertiary alicyclic amines) is 1. The van der Waals surface area contributed by atoms with Crippen LogP contribution in [-0.4, -0.2) is 42.4 Å². The Morgan fingerprint density at radius 1 is 1.08 bits per heavy atom. The van der Waals surface area contributed by atoms with E-state index in [1.165, 1.54) is 16.7 Å². The first-order valence-corrected chi connectivity index (χ1v) is 8.87. The second kappa shape index (κ2) is 8.32. The number of aliphatic hydroxyl groups excluding tert-OH is 1. The predicted octanol–water partition coefficient (Wildman–Crippen LogP) is 3.42. The van der Waals surface area contributed by atoms with Crippen molar-refractivity contribution in [1.29, 1.82) is 0 Å². The van der Waals surface area contributed by atoms with Crippen LogP contribution in [0.4, 0.5) is 0 Å². The summed E-state index contributed by atoms with van der Waals surface area (Å²) in [5, 5.41) is 9.57. The number of hydrogen-bond acceptors (Lipinski definition) is 3. The maximum absolute atomic E-state index is 9.57. The van der Waals surface area contributed by atoms with Crippen molar-refractivity contribution in [1.82, 2.24) is 4.90 Å². The number of aliphatic hydroxyl groups is 1. The molecule has 0 unspecified atom stereocenters. The monoisotopic (exact) mass is 325 g/mol. The van der Waals surface area contributed by atoms with Crippen molar-refractivity contribution in [2.24, 2.45) is 0 Å². The molecule has 0 atom stereocenters. The van der Waals surface area contributed by atoms with Crippen molar-refractivity contribution in [3.63, 3.8) is 0 Å². The molecule has 3 nitrogen and oxygen atoms in total. The molecule has 1 saturated heterocycles. The number of aryl methyl sites for hydroxylation is 1. The van der Waals surface area contributed by atoms with Gasteiger partial charge in [0.15, 0.2) is 0 Å². The van der Waals surface area contributed by atoms with Crippen LogP contribution in [-0.2, 0) is 6.42 Å². The molecule has 2 aromatic carbocycles. The predicted molar refractivity (Wildman–Crippen MR) is 97.6 cm³/mol. The fraction of sp³-hybridized carbons (Fsp3) is 0.429. The zero-order valence-corrected chi connectivity index (χ0v) is 14.4. The zero-order valence-electron chi connectivity index (χ0n) is 14.4. The van der Waals surface area contributed by atoms with Crippen molar-refractivity contribution in [2.45, 2.75) is 32.3 Å². The molecule has 1 aliphatic heterocycles. The molecule has 3 heteroatoms. The normalized spacial score (nSPS) is 16.2. The molecule has 0 radical (unpaired) electrons. The van der Waals surface area contributed by atoms with Gasteiger partial charge in [0.05, 0.1) is 6.10 Å². The number of rotatable bonds is 6. The van der Waals surface area contributed by atoms with Crippen molar-refractivity contribution in [3.8, 4) is 5.75 Å². The SMILES string of the molecule is Cc1ccc(OCCN2CCC(O)CC2)c(Cc2ccccc2)c1. The molecule has 1 fully saturated rings. The Balaban J connectivity index is 1.58. The van der Waals surface area contributed by atoms with E-state index in [9.17, 15) is 5.11 Å². The van der Waals surface area contributed by atoms with E-state index >= 15 is 0 Å². The first-order chi connectivity index (χ1) is 11.7. The van der Waals surface area contributed by atoms with E-state index in [0.29, 0.717) is 6.61 Å². The van der Waals surface area contributed by atoms with Gasteiger partial charge in [-0.25, -0.2) is 0 Å². The Hall–Kier alpha value is -1.84. The number of hydrogen-bond donors (Lipinski definition) is 1. The van der Waals surface area contributed by atoms with Crippen molar-refractivity contribution < 1.29 is 9.84 Å². The van der Waals surface area contributed by atoms with Crippen molar-refractivity contribution in [2.75, 3.05) is 26.2 Å². The van der Waals surface area contributed by atoms with Gasteiger partial charge in [-0.2, -0.15) is 0 Å². The van der Waals surface area contributed by atoms with Crippen molar-refractivity contribution >= 4 is 0 Å². The van der Waals surface area contributed by atoms with Gasteiger partial charge in [-0.15, -0.1) is 0 Å². The van der Waals surface area contributed by atoms with E-state index in [1.54, 1.807) is 0 Å². The van der Waals surface area contributed by atoms with Gasteiger partial charge >= 0.3 is 0 Å². The lowest BCUT2D eigenvalue weighted by Crippen LogP contribution is -2.38. The van der Waals surface area contributed by atoms with E-state index < -0.39 is 0 Å². The molecule has 1 aliphatic rings. The molecule has 0 amide bonds. The molecule has 0 aromatic heterocycles. The summed E-state index contributed by atoms with van der Waals surface area (Å²) in [6.45, 7) is 5.67. The van der Waals surface area contributed by atoms with Crippen LogP contribution in [0.3, 0.4) is 0 Å². The Morgan fingerprint density at radius 2 is 1.83 bits per heavy atom. The molecule has 3 rings (SSSR count). The molecule has 1 heterocycles. The van der Waals surface area contributed by atoms with Gasteiger partial charge in [-0.05, 0) is 37.0 Å². The number of nitrogens with zero attached hydrogens (tertiary/aromatic N) is 1. The highest BCUT2D eigenvalue weighted by Gasteiger charge is 2.16. The Labute approximate surface area is 144 Å². The fourth-order valence-electron chi connectivity index (χ4n) is 3.23. The van der Waals surface area contributed by atoms with Crippen LogP contribution in [0, 0.1) is 6.92 Å². The van der Waals surface area contributed by atoms with Crippen LogP contribution < -0.4 is 4.74 Å². The van der Waals surface area contributed by atoms with Gasteiger partial charge in [0, 0.05) is 26.1 Å². The van der Waals surface area contributed by atoms with Gasteiger partial charge in [-0.3, -0.25) is 4.90 Å². The highest BCUT2D eigenvalue weighted by atomic mass is 16.5. The molecule has 24 heavy (non-hydrogen) atoms. The van der Waals surface area contributed by atoms with E-state index in [0.717, 1.165) is 44.6 Å². The number of piperidine rings is 1. The molecule has 0 spiro atoms. The first-order valence-electron chi connectivity index (χ1n) is 8.87. The van der Waals surface area contributed by atoms with Crippen LogP contribution in [0.5, 0.6) is 5.75 Å². The second-order valence-electron chi connectivity index (χ2n) is 6.69. The first kappa shape index (κ1) is 17.0. The molecule has 0 bridgehead atoms. The highest BCUT2D eigenvalue weighted by molar-refractivity contribution is 5.40. The van der Waals surface area contributed by atoms with Crippen LogP contribution in [0.1, 0.15) is 29.5 Å². The molecule has 2 aromatic rings. The topological polar surface area (TPSA) is 32.7 Å². The lowest BCUT2D eigenvalue weighted by Gasteiger charge is -2.29. The van der Waals surface area contributed by atoms with Gasteiger partial charge in [0.2, 0.25) is 0 Å². The summed E-state index contributed by atoms with van der Waals surface area (Å²) in [6.07, 6.45) is 2.54. The third-order valence-electron chi connectivity index (χ3n) is 4.68. The minimum atomic E-state index is -0.114. The summed E-state index contributed by atoms with van der Waals surface area (Å²) in [5.41, 5.74) is 3.81. The summed E-state index contributed by atoms with van der Waals surface area (Å²) in [7, 11) is 0. The maximum atomic E-state index is 9.57. The fourth-order valence-corrected chi connectivity index (χ4v) is 3.23. The standard InChI is InChI=1S/C21H27NO2/c1-17-7-8-21(19(15-17)16-18-5-3-2-4-6-18)24-14-13-22-11-9-20(23)10-12-22/h2-8,15,20,23H,9-14,16H2,1H3. The molecule has 128 valence electrons. The summed E-state index contributed by atoms with van der Waals surface area (Å²) < 4.78 is 6.09. The van der Waals surface area contributed by atoms with E-state index in [-0.39, 0.29) is 6.10 Å². The molecule has 0 aliphatic carbocycles. The van der Waals surface area contributed by atoms with Gasteiger partial charge in [0.1, 0.15) is 12.4 Å². The van der Waals surface area contributed by atoms with Crippen LogP contribution in [0.15, 0.2) is 48.5 Å². The summed E-state index contributed by atoms with van der Waals surface area (Å²) in [5.74, 6) is 0.987. The Kier molecular flexibility index (Phi) is 5.89. The minimum Gasteiger partial charge on any atom is -0.492 e. The maximum Gasteiger partial charge on any atom is 0.122 e. The molecular formula is C21H27NO2. The van der Waals surface area contributed by atoms with Crippen LogP contribution in [0.25, 0.3) is 0 Å². The van der Waals surface area contributed by atoms with Gasteiger partial charge in [-0.1, -0.05) is 48.0 Å².